The van der Waals surface area contributed by atoms with Gasteiger partial charge in [-0.1, -0.05) is 0 Å². The standard InChI is InChI=1S/C23H42BrP/c1-4-6-8-10-12-17-21-25(3,24,23-19-15-14-16-20-23)22-18-13-11-9-7-5-2/h14-16,19-20H,4-13,17-18,21-22H2,1-3H3. The Morgan fingerprint density at radius 3 is 1.48 bits per heavy atom. The molecule has 0 aliphatic carbocycles. The summed E-state index contributed by atoms with van der Waals surface area (Å²) in [6.07, 6.45) is 19.5. The molecule has 0 spiro atoms. The maximum atomic E-state index is 4.39. The van der Waals surface area contributed by atoms with Gasteiger partial charge in [0.2, 0.25) is 0 Å². The Kier molecular flexibility index (Phi) is 11.6. The van der Waals surface area contributed by atoms with Crippen LogP contribution in [0.4, 0.5) is 0 Å². The van der Waals surface area contributed by atoms with Crippen LogP contribution in [0.15, 0.2) is 30.3 Å². The van der Waals surface area contributed by atoms with E-state index in [4.69, 9.17) is 0 Å². The first-order valence-corrected chi connectivity index (χ1v) is 15.9. The first-order valence-electron chi connectivity index (χ1n) is 10.8. The van der Waals surface area contributed by atoms with E-state index in [1.54, 1.807) is 5.30 Å². The normalized spacial score (nSPS) is 13.5. The Labute approximate surface area is 166 Å². The van der Waals surface area contributed by atoms with Crippen LogP contribution in [0.1, 0.15) is 90.9 Å². The number of benzene rings is 1. The van der Waals surface area contributed by atoms with E-state index in [0.29, 0.717) is 0 Å². The van der Waals surface area contributed by atoms with Crippen LogP contribution in [-0.2, 0) is 0 Å². The summed E-state index contributed by atoms with van der Waals surface area (Å²) >= 11 is 4.39. The van der Waals surface area contributed by atoms with Crippen molar-refractivity contribution >= 4 is 26.1 Å². The van der Waals surface area contributed by atoms with Crippen molar-refractivity contribution in [2.75, 3.05) is 19.0 Å². The molecule has 0 unspecified atom stereocenters. The van der Waals surface area contributed by atoms with Crippen molar-refractivity contribution in [1.29, 1.82) is 0 Å². The van der Waals surface area contributed by atoms with Crippen molar-refractivity contribution < 1.29 is 0 Å². The van der Waals surface area contributed by atoms with Crippen molar-refractivity contribution in [3.05, 3.63) is 30.3 Å². The van der Waals surface area contributed by atoms with E-state index in [-0.39, 0.29) is 0 Å². The van der Waals surface area contributed by atoms with Crippen LogP contribution >= 0.6 is 20.8 Å². The molecule has 1 aromatic rings. The summed E-state index contributed by atoms with van der Waals surface area (Å²) in [5.41, 5.74) is 0. The van der Waals surface area contributed by atoms with Gasteiger partial charge in [0.05, 0.1) is 0 Å². The molecular weight excluding hydrogens is 387 g/mol. The SMILES string of the molecule is CCCCCCCCP(C)(Br)(CCCCCCCC)c1ccccc1. The van der Waals surface area contributed by atoms with Crippen LogP contribution in [0.3, 0.4) is 0 Å². The summed E-state index contributed by atoms with van der Waals surface area (Å²) in [7, 11) is 0. The third kappa shape index (κ3) is 9.05. The Hall–Kier alpha value is 0.130. The predicted octanol–water partition coefficient (Wildman–Crippen LogP) is 8.53. The second-order valence-corrected chi connectivity index (χ2v) is 19.6. The molecule has 0 heterocycles. The molecular formula is C23H42BrP. The molecule has 25 heavy (non-hydrogen) atoms. The Morgan fingerprint density at radius 2 is 1.04 bits per heavy atom. The second-order valence-electron chi connectivity index (χ2n) is 8.21. The number of halogens is 1. The summed E-state index contributed by atoms with van der Waals surface area (Å²) < 4.78 is 0. The molecule has 0 nitrogen and oxygen atoms in total. The van der Waals surface area contributed by atoms with Crippen LogP contribution in [0.25, 0.3) is 0 Å². The van der Waals surface area contributed by atoms with Crippen molar-refractivity contribution in [2.24, 2.45) is 0 Å². The van der Waals surface area contributed by atoms with E-state index in [1.165, 1.54) is 89.4 Å². The number of rotatable bonds is 15. The molecule has 1 aromatic carbocycles. The minimum atomic E-state index is -1.94. The monoisotopic (exact) mass is 428 g/mol. The molecule has 0 radical (unpaired) electrons. The molecule has 0 atom stereocenters. The summed E-state index contributed by atoms with van der Waals surface area (Å²) in [6.45, 7) is 7.18. The first-order chi connectivity index (χ1) is 12.0. The summed E-state index contributed by atoms with van der Waals surface area (Å²) in [5, 5.41) is -0.344. The Balaban J connectivity index is 2.58. The molecule has 2 heteroatoms. The van der Waals surface area contributed by atoms with Crippen LogP contribution < -0.4 is 5.30 Å². The van der Waals surface area contributed by atoms with E-state index in [1.807, 2.05) is 0 Å². The van der Waals surface area contributed by atoms with E-state index >= 15 is 0 Å². The van der Waals surface area contributed by atoms with Gasteiger partial charge in [-0.2, -0.15) is 0 Å². The summed E-state index contributed by atoms with van der Waals surface area (Å²) in [6, 6.07) is 11.4. The van der Waals surface area contributed by atoms with E-state index in [9.17, 15) is 0 Å². The van der Waals surface area contributed by atoms with Gasteiger partial charge in [0.15, 0.2) is 0 Å². The van der Waals surface area contributed by atoms with Gasteiger partial charge in [0.1, 0.15) is 0 Å². The van der Waals surface area contributed by atoms with E-state index in [0.717, 1.165) is 0 Å². The molecule has 0 aliphatic heterocycles. The van der Waals surface area contributed by atoms with Gasteiger partial charge in [0, 0.05) is 0 Å². The van der Waals surface area contributed by atoms with Crippen LogP contribution in [-0.4, -0.2) is 19.0 Å². The van der Waals surface area contributed by atoms with Gasteiger partial charge in [-0.3, -0.25) is 0 Å². The molecule has 0 bridgehead atoms. The zero-order chi connectivity index (χ0) is 18.5. The maximum absolute atomic E-state index is 4.39. The fourth-order valence-corrected chi connectivity index (χ4v) is 9.86. The van der Waals surface area contributed by atoms with E-state index in [2.05, 4.69) is 66.3 Å². The molecule has 0 aliphatic rings. The Bertz CT molecular complexity index is 421. The summed E-state index contributed by atoms with van der Waals surface area (Å²) in [4.78, 5) is 0. The number of unbranched alkanes of at least 4 members (excludes halogenated alkanes) is 10. The van der Waals surface area contributed by atoms with Gasteiger partial charge >= 0.3 is 166 Å². The molecule has 1 rings (SSSR count). The van der Waals surface area contributed by atoms with Crippen molar-refractivity contribution in [3.63, 3.8) is 0 Å². The van der Waals surface area contributed by atoms with Gasteiger partial charge in [0.25, 0.3) is 0 Å². The second kappa shape index (κ2) is 12.5. The van der Waals surface area contributed by atoms with Crippen LogP contribution in [0.5, 0.6) is 0 Å². The van der Waals surface area contributed by atoms with Gasteiger partial charge < -0.3 is 0 Å². The Morgan fingerprint density at radius 1 is 0.640 bits per heavy atom. The predicted molar refractivity (Wildman–Crippen MR) is 124 cm³/mol. The zero-order valence-corrected chi connectivity index (χ0v) is 19.6. The van der Waals surface area contributed by atoms with Crippen LogP contribution in [0, 0.1) is 0 Å². The molecule has 0 fully saturated rings. The minimum absolute atomic E-state index is 1.34. The average molecular weight is 429 g/mol. The third-order valence-electron chi connectivity index (χ3n) is 5.66. The fraction of sp³-hybridized carbons (Fsp3) is 0.739. The quantitative estimate of drug-likeness (QED) is 0.194. The number of hydrogen-bond acceptors (Lipinski definition) is 0. The molecule has 0 saturated carbocycles. The van der Waals surface area contributed by atoms with Crippen LogP contribution in [0.2, 0.25) is 0 Å². The molecule has 0 aromatic heterocycles. The molecule has 0 N–H and O–H groups in total. The van der Waals surface area contributed by atoms with Gasteiger partial charge in [-0.15, -0.1) is 0 Å². The summed E-state index contributed by atoms with van der Waals surface area (Å²) in [5.74, 6) is 0. The van der Waals surface area contributed by atoms with E-state index < -0.39 is 5.31 Å². The third-order valence-corrected chi connectivity index (χ3v) is 13.7. The topological polar surface area (TPSA) is 0 Å². The van der Waals surface area contributed by atoms with Crippen molar-refractivity contribution in [1.82, 2.24) is 0 Å². The number of hydrogen-bond donors (Lipinski definition) is 0. The molecule has 146 valence electrons. The molecule has 0 amide bonds. The molecule has 0 saturated heterocycles. The van der Waals surface area contributed by atoms with Gasteiger partial charge in [-0.05, 0) is 0 Å². The average Bonchev–Trinajstić information content (AvgIpc) is 2.62. The first kappa shape index (κ1) is 23.2. The van der Waals surface area contributed by atoms with Gasteiger partial charge in [-0.25, -0.2) is 0 Å². The zero-order valence-electron chi connectivity index (χ0n) is 17.1. The van der Waals surface area contributed by atoms with Crippen molar-refractivity contribution in [2.45, 2.75) is 90.9 Å². The fourth-order valence-electron chi connectivity index (χ4n) is 3.82. The van der Waals surface area contributed by atoms with Crippen molar-refractivity contribution in [3.8, 4) is 0 Å².